The van der Waals surface area contributed by atoms with Gasteiger partial charge in [0.15, 0.2) is 0 Å². The summed E-state index contributed by atoms with van der Waals surface area (Å²) in [4.78, 5) is 4.83. The van der Waals surface area contributed by atoms with E-state index in [9.17, 15) is 0 Å². The van der Waals surface area contributed by atoms with Crippen LogP contribution in [0.4, 0.5) is 28.4 Å². The van der Waals surface area contributed by atoms with E-state index < -0.39 is 0 Å². The predicted molar refractivity (Wildman–Crippen MR) is 126 cm³/mol. The zero-order valence-electron chi connectivity index (χ0n) is 17.4. The second-order valence-corrected chi connectivity index (χ2v) is 8.41. The van der Waals surface area contributed by atoms with Crippen LogP contribution in [0.3, 0.4) is 0 Å². The number of anilines is 5. The molecule has 0 aromatic heterocycles. The zero-order chi connectivity index (χ0) is 20.2. The SMILES string of the molecule is Cc1ccc(N2c3ccccc3Cc3c2ccc2c3N(C)c3ccccc3C2)cc1. The van der Waals surface area contributed by atoms with Gasteiger partial charge in [-0.3, -0.25) is 0 Å². The van der Waals surface area contributed by atoms with E-state index in [2.05, 4.69) is 109 Å². The van der Waals surface area contributed by atoms with Gasteiger partial charge in [-0.15, -0.1) is 0 Å². The highest BCUT2D eigenvalue weighted by Crippen LogP contribution is 2.50. The van der Waals surface area contributed by atoms with Crippen molar-refractivity contribution in [1.82, 2.24) is 0 Å². The van der Waals surface area contributed by atoms with E-state index in [4.69, 9.17) is 0 Å². The van der Waals surface area contributed by atoms with Crippen molar-refractivity contribution in [3.05, 3.63) is 113 Å². The molecule has 6 rings (SSSR count). The Kier molecular flexibility index (Phi) is 3.76. The van der Waals surface area contributed by atoms with E-state index >= 15 is 0 Å². The van der Waals surface area contributed by atoms with E-state index in [0.29, 0.717) is 0 Å². The first kappa shape index (κ1) is 17.3. The summed E-state index contributed by atoms with van der Waals surface area (Å²) in [5.74, 6) is 0. The highest BCUT2D eigenvalue weighted by atomic mass is 15.2. The normalized spacial score (nSPS) is 13.9. The molecule has 0 aliphatic carbocycles. The molecule has 0 atom stereocenters. The number of aryl methyl sites for hydroxylation is 1. The zero-order valence-corrected chi connectivity index (χ0v) is 17.4. The fourth-order valence-electron chi connectivity index (χ4n) is 5.10. The van der Waals surface area contributed by atoms with Crippen LogP contribution in [0.25, 0.3) is 0 Å². The van der Waals surface area contributed by atoms with Crippen LogP contribution in [0.5, 0.6) is 0 Å². The van der Waals surface area contributed by atoms with Crippen molar-refractivity contribution in [2.24, 2.45) is 0 Å². The molecule has 2 aliphatic heterocycles. The smallest absolute Gasteiger partial charge is 0.0518 e. The van der Waals surface area contributed by atoms with Gasteiger partial charge in [0.1, 0.15) is 0 Å². The van der Waals surface area contributed by atoms with Gasteiger partial charge in [-0.05, 0) is 53.9 Å². The number of fused-ring (bicyclic) bond motifs is 5. The van der Waals surface area contributed by atoms with E-state index in [1.807, 2.05) is 0 Å². The van der Waals surface area contributed by atoms with Crippen LogP contribution in [0.15, 0.2) is 84.9 Å². The summed E-state index contributed by atoms with van der Waals surface area (Å²) in [6.45, 7) is 2.14. The molecular formula is C28H24N2. The minimum atomic E-state index is 0.962. The van der Waals surface area contributed by atoms with Gasteiger partial charge in [0, 0.05) is 42.5 Å². The molecule has 0 saturated carbocycles. The average Bonchev–Trinajstić information content (AvgIpc) is 2.78. The highest BCUT2D eigenvalue weighted by molar-refractivity contribution is 5.90. The molecule has 2 aliphatic rings. The van der Waals surface area contributed by atoms with E-state index in [-0.39, 0.29) is 0 Å². The molecule has 2 heterocycles. The molecule has 0 amide bonds. The second kappa shape index (κ2) is 6.50. The summed E-state index contributed by atoms with van der Waals surface area (Å²) >= 11 is 0. The third-order valence-corrected chi connectivity index (χ3v) is 6.54. The summed E-state index contributed by atoms with van der Waals surface area (Å²) in [5, 5.41) is 0. The number of hydrogen-bond acceptors (Lipinski definition) is 2. The summed E-state index contributed by atoms with van der Waals surface area (Å²) in [7, 11) is 2.22. The van der Waals surface area contributed by atoms with Gasteiger partial charge >= 0.3 is 0 Å². The van der Waals surface area contributed by atoms with Crippen LogP contribution in [0.1, 0.15) is 27.8 Å². The van der Waals surface area contributed by atoms with Crippen LogP contribution in [0.2, 0.25) is 0 Å². The standard InChI is InChI=1S/C28H24N2/c1-19-11-14-23(15-12-19)30-26-10-6-4-8-21(26)18-24-27(30)16-13-22-17-20-7-3-5-9-25(20)29(2)28(22)24/h3-16H,17-18H2,1-2H3. The Morgan fingerprint density at radius 1 is 0.600 bits per heavy atom. The van der Waals surface area contributed by atoms with Crippen molar-refractivity contribution < 1.29 is 0 Å². The van der Waals surface area contributed by atoms with Crippen molar-refractivity contribution >= 4 is 28.4 Å². The summed E-state index contributed by atoms with van der Waals surface area (Å²) < 4.78 is 0. The largest absolute Gasteiger partial charge is 0.344 e. The minimum Gasteiger partial charge on any atom is -0.344 e. The fourth-order valence-corrected chi connectivity index (χ4v) is 5.10. The Morgan fingerprint density at radius 2 is 1.27 bits per heavy atom. The van der Waals surface area contributed by atoms with Crippen LogP contribution in [-0.2, 0) is 12.8 Å². The van der Waals surface area contributed by atoms with Gasteiger partial charge in [0.25, 0.3) is 0 Å². The molecule has 146 valence electrons. The Hall–Kier alpha value is -3.52. The molecule has 0 radical (unpaired) electrons. The summed E-state index contributed by atoms with van der Waals surface area (Å²) in [6, 6.07) is 31.1. The number of nitrogens with zero attached hydrogens (tertiary/aromatic N) is 2. The highest BCUT2D eigenvalue weighted by Gasteiger charge is 2.30. The van der Waals surface area contributed by atoms with E-state index in [1.165, 1.54) is 56.3 Å². The predicted octanol–water partition coefficient (Wildman–Crippen LogP) is 7.04. The lowest BCUT2D eigenvalue weighted by atomic mass is 9.87. The first-order valence-corrected chi connectivity index (χ1v) is 10.6. The van der Waals surface area contributed by atoms with Crippen molar-refractivity contribution in [3.8, 4) is 0 Å². The molecule has 0 unspecified atom stereocenters. The molecule has 2 heteroatoms. The van der Waals surface area contributed by atoms with Crippen LogP contribution in [0, 0.1) is 6.92 Å². The molecule has 0 saturated heterocycles. The van der Waals surface area contributed by atoms with Gasteiger partial charge in [-0.2, -0.15) is 0 Å². The average molecular weight is 389 g/mol. The van der Waals surface area contributed by atoms with Crippen LogP contribution >= 0.6 is 0 Å². The third kappa shape index (κ3) is 2.50. The van der Waals surface area contributed by atoms with Crippen LogP contribution < -0.4 is 9.80 Å². The number of benzene rings is 4. The first-order valence-electron chi connectivity index (χ1n) is 10.6. The molecular weight excluding hydrogens is 364 g/mol. The van der Waals surface area contributed by atoms with Crippen molar-refractivity contribution in [3.63, 3.8) is 0 Å². The quantitative estimate of drug-likeness (QED) is 0.304. The van der Waals surface area contributed by atoms with Gasteiger partial charge in [-0.1, -0.05) is 60.2 Å². The maximum atomic E-state index is 2.43. The minimum absolute atomic E-state index is 0.962. The molecule has 4 aromatic carbocycles. The number of para-hydroxylation sites is 2. The van der Waals surface area contributed by atoms with Gasteiger partial charge in [-0.25, -0.2) is 0 Å². The molecule has 0 bridgehead atoms. The van der Waals surface area contributed by atoms with Gasteiger partial charge in [0.05, 0.1) is 11.4 Å². The monoisotopic (exact) mass is 388 g/mol. The van der Waals surface area contributed by atoms with Crippen molar-refractivity contribution in [1.29, 1.82) is 0 Å². The maximum absolute atomic E-state index is 2.43. The number of rotatable bonds is 1. The Bertz CT molecular complexity index is 1270. The summed E-state index contributed by atoms with van der Waals surface area (Å²) in [5.41, 5.74) is 13.4. The Morgan fingerprint density at radius 3 is 2.03 bits per heavy atom. The lowest BCUT2D eigenvalue weighted by molar-refractivity contribution is 1.00. The molecule has 30 heavy (non-hydrogen) atoms. The lowest BCUT2D eigenvalue weighted by Gasteiger charge is -2.39. The molecule has 0 fully saturated rings. The molecule has 4 aromatic rings. The maximum Gasteiger partial charge on any atom is 0.0518 e. The van der Waals surface area contributed by atoms with E-state index in [0.717, 1.165) is 12.8 Å². The first-order chi connectivity index (χ1) is 14.7. The van der Waals surface area contributed by atoms with Crippen LogP contribution in [-0.4, -0.2) is 7.05 Å². The van der Waals surface area contributed by atoms with Crippen molar-refractivity contribution in [2.75, 3.05) is 16.8 Å². The molecule has 2 nitrogen and oxygen atoms in total. The molecule has 0 spiro atoms. The second-order valence-electron chi connectivity index (χ2n) is 8.41. The van der Waals surface area contributed by atoms with Gasteiger partial charge < -0.3 is 9.80 Å². The third-order valence-electron chi connectivity index (χ3n) is 6.54. The number of hydrogen-bond donors (Lipinski definition) is 0. The van der Waals surface area contributed by atoms with Gasteiger partial charge in [0.2, 0.25) is 0 Å². The Balaban J connectivity index is 1.59. The topological polar surface area (TPSA) is 6.48 Å². The molecule has 0 N–H and O–H groups in total. The summed E-state index contributed by atoms with van der Waals surface area (Å²) in [6.07, 6.45) is 1.96. The van der Waals surface area contributed by atoms with Crippen molar-refractivity contribution in [2.45, 2.75) is 19.8 Å². The van der Waals surface area contributed by atoms with E-state index in [1.54, 1.807) is 0 Å². The Labute approximate surface area is 178 Å². The lowest BCUT2D eigenvalue weighted by Crippen LogP contribution is -2.25. The fraction of sp³-hybridized carbons (Fsp3) is 0.143.